The number of rotatable bonds is 6. The van der Waals surface area contributed by atoms with Crippen LogP contribution in [0.2, 0.25) is 0 Å². The summed E-state index contributed by atoms with van der Waals surface area (Å²) in [5, 5.41) is 10.3. The summed E-state index contributed by atoms with van der Waals surface area (Å²) in [7, 11) is 0. The van der Waals surface area contributed by atoms with Gasteiger partial charge in [0.15, 0.2) is 5.11 Å². The molecule has 5 nitrogen and oxygen atoms in total. The van der Waals surface area contributed by atoms with E-state index in [0.29, 0.717) is 11.7 Å². The van der Waals surface area contributed by atoms with Gasteiger partial charge in [-0.05, 0) is 73.9 Å². The number of anilines is 4. The standard InChI is InChI=1S/C24H27N5S/c1-18-4-8-20(9-5-18)27-23-13-10-21(17-25-23)28-24(30)26-16-19-6-11-22(12-7-19)29-14-2-3-15-29/h4-13,17H,2-3,14-16H2,1H3,(H,25,27)(H2,26,28,30). The molecule has 6 heteroatoms. The second-order valence-corrected chi connectivity index (χ2v) is 8.00. The topological polar surface area (TPSA) is 52.2 Å². The van der Waals surface area contributed by atoms with E-state index in [-0.39, 0.29) is 0 Å². The van der Waals surface area contributed by atoms with Gasteiger partial charge in [-0.3, -0.25) is 0 Å². The molecule has 0 amide bonds. The fourth-order valence-electron chi connectivity index (χ4n) is 3.48. The fourth-order valence-corrected chi connectivity index (χ4v) is 3.67. The van der Waals surface area contributed by atoms with E-state index in [4.69, 9.17) is 12.2 Å². The fraction of sp³-hybridized carbons (Fsp3) is 0.250. The van der Waals surface area contributed by atoms with Gasteiger partial charge in [-0.25, -0.2) is 4.98 Å². The first kappa shape index (κ1) is 20.2. The van der Waals surface area contributed by atoms with Crippen LogP contribution in [0.15, 0.2) is 66.9 Å². The van der Waals surface area contributed by atoms with Crippen LogP contribution in [-0.4, -0.2) is 23.2 Å². The summed E-state index contributed by atoms with van der Waals surface area (Å²) >= 11 is 5.42. The normalized spacial score (nSPS) is 13.2. The first-order valence-electron chi connectivity index (χ1n) is 10.3. The highest BCUT2D eigenvalue weighted by atomic mass is 32.1. The van der Waals surface area contributed by atoms with Crippen LogP contribution in [-0.2, 0) is 6.54 Å². The maximum absolute atomic E-state index is 5.42. The summed E-state index contributed by atoms with van der Waals surface area (Å²) in [6, 6.07) is 20.8. The average molecular weight is 418 g/mol. The van der Waals surface area contributed by atoms with Crippen molar-refractivity contribution in [3.05, 3.63) is 78.0 Å². The number of hydrogen-bond acceptors (Lipinski definition) is 4. The van der Waals surface area contributed by atoms with Gasteiger partial charge in [0, 0.05) is 31.0 Å². The third-order valence-electron chi connectivity index (χ3n) is 5.21. The van der Waals surface area contributed by atoms with E-state index in [1.165, 1.54) is 42.7 Å². The molecule has 1 aromatic heterocycles. The van der Waals surface area contributed by atoms with E-state index in [1.54, 1.807) is 6.20 Å². The summed E-state index contributed by atoms with van der Waals surface area (Å²) < 4.78 is 0. The van der Waals surface area contributed by atoms with Gasteiger partial charge in [-0.1, -0.05) is 29.8 Å². The molecule has 4 rings (SSSR count). The number of thiocarbonyl (C=S) groups is 1. The van der Waals surface area contributed by atoms with Crippen molar-refractivity contribution < 1.29 is 0 Å². The van der Waals surface area contributed by atoms with Crippen LogP contribution in [0, 0.1) is 6.92 Å². The number of hydrogen-bond donors (Lipinski definition) is 3. The van der Waals surface area contributed by atoms with Crippen molar-refractivity contribution in [1.29, 1.82) is 0 Å². The Balaban J connectivity index is 1.25. The van der Waals surface area contributed by atoms with Crippen LogP contribution in [0.3, 0.4) is 0 Å². The molecule has 0 bridgehead atoms. The molecule has 0 unspecified atom stereocenters. The van der Waals surface area contributed by atoms with Crippen molar-refractivity contribution in [2.45, 2.75) is 26.3 Å². The maximum Gasteiger partial charge on any atom is 0.171 e. The highest BCUT2D eigenvalue weighted by Crippen LogP contribution is 2.20. The highest BCUT2D eigenvalue weighted by Gasteiger charge is 2.11. The van der Waals surface area contributed by atoms with Crippen molar-refractivity contribution in [2.24, 2.45) is 0 Å². The summed E-state index contributed by atoms with van der Waals surface area (Å²) in [5.74, 6) is 0.793. The molecule has 2 aromatic carbocycles. The van der Waals surface area contributed by atoms with E-state index in [2.05, 4.69) is 69.2 Å². The van der Waals surface area contributed by atoms with E-state index in [0.717, 1.165) is 17.2 Å². The third kappa shape index (κ3) is 5.48. The number of benzene rings is 2. The molecule has 0 saturated carbocycles. The smallest absolute Gasteiger partial charge is 0.171 e. The Hall–Kier alpha value is -3.12. The number of nitrogens with one attached hydrogen (secondary N) is 3. The van der Waals surface area contributed by atoms with Crippen LogP contribution in [0.1, 0.15) is 24.0 Å². The summed E-state index contributed by atoms with van der Waals surface area (Å²) in [6.45, 7) is 5.09. The van der Waals surface area contributed by atoms with Gasteiger partial charge in [-0.15, -0.1) is 0 Å². The molecule has 1 saturated heterocycles. The van der Waals surface area contributed by atoms with Gasteiger partial charge < -0.3 is 20.9 Å². The highest BCUT2D eigenvalue weighted by molar-refractivity contribution is 7.80. The van der Waals surface area contributed by atoms with Crippen molar-refractivity contribution in [1.82, 2.24) is 10.3 Å². The first-order chi connectivity index (χ1) is 14.7. The number of aryl methyl sites for hydroxylation is 1. The summed E-state index contributed by atoms with van der Waals surface area (Å²) in [5.41, 5.74) is 5.62. The zero-order valence-corrected chi connectivity index (χ0v) is 18.0. The quantitative estimate of drug-likeness (QED) is 0.478. The summed E-state index contributed by atoms with van der Waals surface area (Å²) in [6.07, 6.45) is 4.36. The van der Waals surface area contributed by atoms with Crippen LogP contribution in [0.5, 0.6) is 0 Å². The second kappa shape index (κ2) is 9.59. The van der Waals surface area contributed by atoms with Crippen LogP contribution in [0.4, 0.5) is 22.9 Å². The van der Waals surface area contributed by atoms with Crippen LogP contribution < -0.4 is 20.9 Å². The molecule has 3 N–H and O–H groups in total. The average Bonchev–Trinajstić information content (AvgIpc) is 3.31. The largest absolute Gasteiger partial charge is 0.372 e. The predicted molar refractivity (Wildman–Crippen MR) is 130 cm³/mol. The van der Waals surface area contributed by atoms with Gasteiger partial charge >= 0.3 is 0 Å². The number of pyridine rings is 1. The minimum absolute atomic E-state index is 0.583. The third-order valence-corrected chi connectivity index (χ3v) is 5.45. The Morgan fingerprint density at radius 1 is 0.933 bits per heavy atom. The van der Waals surface area contributed by atoms with Gasteiger partial charge in [0.25, 0.3) is 0 Å². The molecule has 0 radical (unpaired) electrons. The molecular weight excluding hydrogens is 390 g/mol. The van der Waals surface area contributed by atoms with Crippen molar-refractivity contribution in [3.8, 4) is 0 Å². The van der Waals surface area contributed by atoms with Gasteiger partial charge in [-0.2, -0.15) is 0 Å². The Kier molecular flexibility index (Phi) is 6.44. The Labute approximate surface area is 183 Å². The van der Waals surface area contributed by atoms with E-state index in [1.807, 2.05) is 24.3 Å². The van der Waals surface area contributed by atoms with E-state index >= 15 is 0 Å². The Bertz CT molecular complexity index is 962. The minimum Gasteiger partial charge on any atom is -0.372 e. The first-order valence-corrected chi connectivity index (χ1v) is 10.7. The number of nitrogens with zero attached hydrogens (tertiary/aromatic N) is 2. The lowest BCUT2D eigenvalue weighted by Gasteiger charge is -2.18. The Morgan fingerprint density at radius 3 is 2.30 bits per heavy atom. The minimum atomic E-state index is 0.583. The lowest BCUT2D eigenvalue weighted by Crippen LogP contribution is -2.28. The van der Waals surface area contributed by atoms with Crippen LogP contribution >= 0.6 is 12.2 Å². The monoisotopic (exact) mass is 417 g/mol. The number of aromatic nitrogens is 1. The molecule has 30 heavy (non-hydrogen) atoms. The van der Waals surface area contributed by atoms with Crippen molar-refractivity contribution in [2.75, 3.05) is 28.6 Å². The molecule has 0 atom stereocenters. The lowest BCUT2D eigenvalue weighted by molar-refractivity contribution is 0.920. The lowest BCUT2D eigenvalue weighted by atomic mass is 10.2. The van der Waals surface area contributed by atoms with Crippen molar-refractivity contribution in [3.63, 3.8) is 0 Å². The molecule has 0 spiro atoms. The molecular formula is C24H27N5S. The zero-order valence-electron chi connectivity index (χ0n) is 17.2. The molecule has 1 aliphatic rings. The summed E-state index contributed by atoms with van der Waals surface area (Å²) in [4.78, 5) is 6.89. The van der Waals surface area contributed by atoms with E-state index < -0.39 is 0 Å². The van der Waals surface area contributed by atoms with Gasteiger partial charge in [0.2, 0.25) is 0 Å². The molecule has 1 aliphatic heterocycles. The maximum atomic E-state index is 5.42. The van der Waals surface area contributed by atoms with Crippen LogP contribution in [0.25, 0.3) is 0 Å². The van der Waals surface area contributed by atoms with Gasteiger partial charge in [0.05, 0.1) is 11.9 Å². The molecule has 2 heterocycles. The van der Waals surface area contributed by atoms with Gasteiger partial charge in [0.1, 0.15) is 5.82 Å². The predicted octanol–water partition coefficient (Wildman–Crippen LogP) is 5.22. The molecule has 154 valence electrons. The molecule has 3 aromatic rings. The Morgan fingerprint density at radius 2 is 1.63 bits per heavy atom. The second-order valence-electron chi connectivity index (χ2n) is 7.59. The van der Waals surface area contributed by atoms with E-state index in [9.17, 15) is 0 Å². The SMILES string of the molecule is Cc1ccc(Nc2ccc(NC(=S)NCc3ccc(N4CCCC4)cc3)cn2)cc1. The van der Waals surface area contributed by atoms with Crippen molar-refractivity contribution >= 4 is 40.2 Å². The molecule has 1 fully saturated rings. The zero-order chi connectivity index (χ0) is 20.8. The molecule has 0 aliphatic carbocycles.